The molecule has 0 radical (unpaired) electrons. The lowest BCUT2D eigenvalue weighted by Crippen LogP contribution is -2.05. The number of fused-ring (bicyclic) bond motifs is 1. The summed E-state index contributed by atoms with van der Waals surface area (Å²) in [7, 11) is 0. The van der Waals surface area contributed by atoms with Crippen molar-refractivity contribution in [1.29, 1.82) is 0 Å². The second kappa shape index (κ2) is 8.13. The normalized spacial score (nSPS) is 11.2. The summed E-state index contributed by atoms with van der Waals surface area (Å²) < 4.78 is 7.49. The van der Waals surface area contributed by atoms with Crippen molar-refractivity contribution >= 4 is 28.4 Å². The van der Waals surface area contributed by atoms with Crippen LogP contribution in [0.3, 0.4) is 0 Å². The second-order valence-corrected chi connectivity index (χ2v) is 7.69. The van der Waals surface area contributed by atoms with E-state index < -0.39 is 0 Å². The topological polar surface area (TPSA) is 76.7 Å². The molecule has 0 fully saturated rings. The van der Waals surface area contributed by atoms with Crippen LogP contribution in [-0.4, -0.2) is 31.3 Å². The van der Waals surface area contributed by atoms with E-state index in [0.29, 0.717) is 28.8 Å². The maximum absolute atomic E-state index is 12.9. The van der Waals surface area contributed by atoms with Crippen molar-refractivity contribution in [2.24, 2.45) is 0 Å². The van der Waals surface area contributed by atoms with Crippen molar-refractivity contribution in [3.05, 3.63) is 66.1 Å². The molecule has 0 aliphatic carbocycles. The van der Waals surface area contributed by atoms with Gasteiger partial charge in [-0.05, 0) is 30.5 Å². The van der Waals surface area contributed by atoms with Crippen molar-refractivity contribution < 1.29 is 9.21 Å². The summed E-state index contributed by atoms with van der Waals surface area (Å²) in [6.07, 6.45) is 6.14. The Morgan fingerprint density at radius 2 is 2.21 bits per heavy atom. The summed E-state index contributed by atoms with van der Waals surface area (Å²) in [6, 6.07) is 7.95. The van der Waals surface area contributed by atoms with Gasteiger partial charge in [-0.2, -0.15) is 0 Å². The van der Waals surface area contributed by atoms with Gasteiger partial charge in [-0.1, -0.05) is 43.0 Å². The van der Waals surface area contributed by atoms with E-state index >= 15 is 0 Å². The molecule has 4 aromatic rings. The molecule has 1 N–H and O–H groups in total. The molecule has 0 bridgehead atoms. The summed E-state index contributed by atoms with van der Waals surface area (Å²) in [4.78, 5) is 16.2. The molecule has 148 valence electrons. The smallest absolute Gasteiger partial charge is 0.201 e. The molecule has 6 nitrogen and oxygen atoms in total. The first kappa shape index (κ1) is 19.3. The van der Waals surface area contributed by atoms with Gasteiger partial charge < -0.3 is 9.40 Å². The van der Waals surface area contributed by atoms with Crippen molar-refractivity contribution in [3.63, 3.8) is 0 Å². The first-order valence-corrected chi connectivity index (χ1v) is 10.5. The van der Waals surface area contributed by atoms with Gasteiger partial charge >= 0.3 is 0 Å². The first-order chi connectivity index (χ1) is 14.1. The summed E-state index contributed by atoms with van der Waals surface area (Å²) in [5, 5.41) is 10.2. The third-order valence-corrected chi connectivity index (χ3v) is 5.88. The first-order valence-electron chi connectivity index (χ1n) is 9.47. The zero-order chi connectivity index (χ0) is 20.4. The number of benzene rings is 1. The average molecular weight is 407 g/mol. The Labute approximate surface area is 173 Å². The number of nitrogens with one attached hydrogen (secondary N) is 1. The minimum atomic E-state index is 0.0541. The van der Waals surface area contributed by atoms with Crippen LogP contribution < -0.4 is 0 Å². The van der Waals surface area contributed by atoms with E-state index in [2.05, 4.69) is 34.8 Å². The van der Waals surface area contributed by atoms with Crippen molar-refractivity contribution in [2.45, 2.75) is 32.0 Å². The van der Waals surface area contributed by atoms with E-state index in [4.69, 9.17) is 4.42 Å². The molecule has 0 atom stereocenters. The van der Waals surface area contributed by atoms with Gasteiger partial charge in [-0.15, -0.1) is 16.8 Å². The zero-order valence-corrected chi connectivity index (χ0v) is 17.3. The summed E-state index contributed by atoms with van der Waals surface area (Å²) in [6.45, 7) is 8.43. The molecule has 29 heavy (non-hydrogen) atoms. The highest BCUT2D eigenvalue weighted by molar-refractivity contribution is 7.99. The number of Topliss-reactive ketones (excluding diaryl/α,β-unsaturated/α-hetero) is 1. The molecule has 0 amide bonds. The minimum absolute atomic E-state index is 0.0541. The van der Waals surface area contributed by atoms with Crippen LogP contribution in [0.15, 0.2) is 59.0 Å². The van der Waals surface area contributed by atoms with Gasteiger partial charge in [-0.25, -0.2) is 0 Å². The predicted octanol–water partition coefficient (Wildman–Crippen LogP) is 5.05. The van der Waals surface area contributed by atoms with Crippen LogP contribution in [0.4, 0.5) is 0 Å². The number of allylic oxidation sites excluding steroid dienone is 1. The third kappa shape index (κ3) is 3.53. The van der Waals surface area contributed by atoms with Gasteiger partial charge in [0.2, 0.25) is 5.82 Å². The molecule has 4 rings (SSSR count). The number of H-pyrrole nitrogens is 1. The molecule has 3 aromatic heterocycles. The van der Waals surface area contributed by atoms with Gasteiger partial charge in [0, 0.05) is 29.2 Å². The lowest BCUT2D eigenvalue weighted by atomic mass is 10.1. The monoisotopic (exact) mass is 406 g/mol. The number of rotatable bonds is 8. The number of carbonyl (C=O) groups is 1. The van der Waals surface area contributed by atoms with Crippen LogP contribution in [0.1, 0.15) is 28.4 Å². The quantitative estimate of drug-likeness (QED) is 0.252. The summed E-state index contributed by atoms with van der Waals surface area (Å²) in [5.41, 5.74) is 3.94. The van der Waals surface area contributed by atoms with E-state index in [1.807, 2.05) is 29.7 Å². The average Bonchev–Trinajstić information content (AvgIpc) is 3.44. The molecule has 0 saturated carbocycles. The van der Waals surface area contributed by atoms with E-state index in [1.54, 1.807) is 18.5 Å². The Hall–Kier alpha value is -3.06. The zero-order valence-electron chi connectivity index (χ0n) is 16.4. The number of nitrogens with zero attached hydrogens (tertiary/aromatic N) is 3. The SMILES string of the molecule is C=CCn1c(SCC(=O)c2c[nH]c3c(CC)cccc23)nnc1-c1occc1C. The highest BCUT2D eigenvalue weighted by atomic mass is 32.2. The molecule has 3 heterocycles. The number of carbonyl (C=O) groups excluding carboxylic acids is 1. The molecule has 0 aliphatic heterocycles. The van der Waals surface area contributed by atoms with Gasteiger partial charge in [0.1, 0.15) is 0 Å². The fourth-order valence-corrected chi connectivity index (χ4v) is 4.24. The number of para-hydroxylation sites is 1. The number of aromatic nitrogens is 4. The molecule has 7 heteroatoms. The number of hydrogen-bond donors (Lipinski definition) is 1. The molecular formula is C22H22N4O2S. The van der Waals surface area contributed by atoms with Crippen LogP contribution in [0.5, 0.6) is 0 Å². The standard InChI is InChI=1S/C22H22N4O2S/c1-4-10-26-21(20-14(3)9-11-28-20)24-25-22(26)29-13-18(27)17-12-23-19-15(5-2)7-6-8-16(17)19/h4,6-9,11-12,23H,1,5,10,13H2,2-3H3. The van der Waals surface area contributed by atoms with E-state index in [-0.39, 0.29) is 11.5 Å². The number of thioether (sulfide) groups is 1. The van der Waals surface area contributed by atoms with Crippen molar-refractivity contribution in [2.75, 3.05) is 5.75 Å². The van der Waals surface area contributed by atoms with Crippen molar-refractivity contribution in [3.8, 4) is 11.6 Å². The second-order valence-electron chi connectivity index (χ2n) is 6.75. The Bertz CT molecular complexity index is 1180. The van der Waals surface area contributed by atoms with E-state index in [0.717, 1.165) is 22.9 Å². The van der Waals surface area contributed by atoms with Gasteiger partial charge in [0.25, 0.3) is 0 Å². The number of aromatic amines is 1. The van der Waals surface area contributed by atoms with Gasteiger partial charge in [-0.3, -0.25) is 9.36 Å². The fourth-order valence-electron chi connectivity index (χ4n) is 3.41. The van der Waals surface area contributed by atoms with Crippen LogP contribution in [0.2, 0.25) is 0 Å². The number of hydrogen-bond acceptors (Lipinski definition) is 5. The number of furan rings is 1. The molecule has 0 spiro atoms. The number of ketones is 1. The van der Waals surface area contributed by atoms with Crippen LogP contribution in [0, 0.1) is 6.92 Å². The third-order valence-electron chi connectivity index (χ3n) is 4.91. The maximum atomic E-state index is 12.9. The van der Waals surface area contributed by atoms with E-state index in [9.17, 15) is 4.79 Å². The number of aryl methyl sites for hydroxylation is 2. The molecule has 0 unspecified atom stereocenters. The molecule has 0 saturated heterocycles. The Morgan fingerprint density at radius 3 is 2.93 bits per heavy atom. The van der Waals surface area contributed by atoms with Crippen LogP contribution in [-0.2, 0) is 13.0 Å². The molecular weight excluding hydrogens is 384 g/mol. The molecule has 0 aliphatic rings. The highest BCUT2D eigenvalue weighted by Crippen LogP contribution is 2.28. The molecule has 1 aromatic carbocycles. The van der Waals surface area contributed by atoms with Crippen LogP contribution in [0.25, 0.3) is 22.5 Å². The Morgan fingerprint density at radius 1 is 1.34 bits per heavy atom. The lowest BCUT2D eigenvalue weighted by molar-refractivity contribution is 0.102. The lowest BCUT2D eigenvalue weighted by Gasteiger charge is -2.06. The highest BCUT2D eigenvalue weighted by Gasteiger charge is 2.20. The minimum Gasteiger partial charge on any atom is -0.461 e. The van der Waals surface area contributed by atoms with Gasteiger partial charge in [0.15, 0.2) is 16.7 Å². The van der Waals surface area contributed by atoms with Crippen molar-refractivity contribution in [1.82, 2.24) is 19.7 Å². The predicted molar refractivity (Wildman–Crippen MR) is 115 cm³/mol. The van der Waals surface area contributed by atoms with Crippen LogP contribution >= 0.6 is 11.8 Å². The largest absolute Gasteiger partial charge is 0.461 e. The summed E-state index contributed by atoms with van der Waals surface area (Å²) >= 11 is 1.37. The Balaban J connectivity index is 1.58. The summed E-state index contributed by atoms with van der Waals surface area (Å²) in [5.74, 6) is 1.65. The maximum Gasteiger partial charge on any atom is 0.201 e. The Kier molecular flexibility index (Phi) is 5.40. The van der Waals surface area contributed by atoms with E-state index in [1.165, 1.54) is 17.3 Å². The van der Waals surface area contributed by atoms with Gasteiger partial charge in [0.05, 0.1) is 12.0 Å². The fraction of sp³-hybridized carbons (Fsp3) is 0.227.